The molecule has 3 aromatic heterocycles. The molecule has 0 saturated carbocycles. The van der Waals surface area contributed by atoms with Crippen molar-refractivity contribution in [2.45, 2.75) is 31.8 Å². The van der Waals surface area contributed by atoms with Crippen LogP contribution in [-0.4, -0.2) is 42.9 Å². The molecule has 148 valence electrons. The Kier molecular flexibility index (Phi) is 4.77. The highest BCUT2D eigenvalue weighted by Gasteiger charge is 2.23. The van der Waals surface area contributed by atoms with Crippen molar-refractivity contribution in [1.29, 1.82) is 0 Å². The highest BCUT2D eigenvalue weighted by Crippen LogP contribution is 2.31. The number of aryl methyl sites for hydroxylation is 1. The summed E-state index contributed by atoms with van der Waals surface area (Å²) in [6.45, 7) is 2.77. The largest absolute Gasteiger partial charge is 0.360 e. The lowest BCUT2D eigenvalue weighted by Crippen LogP contribution is -2.23. The zero-order valence-corrected chi connectivity index (χ0v) is 16.0. The molecule has 0 amide bonds. The third-order valence-electron chi connectivity index (χ3n) is 5.25. The molecule has 0 unspecified atom stereocenters. The van der Waals surface area contributed by atoms with Gasteiger partial charge in [-0.1, -0.05) is 30.3 Å². The second-order valence-corrected chi connectivity index (χ2v) is 7.20. The number of nitrogens with zero attached hydrogens (tertiary/aromatic N) is 7. The van der Waals surface area contributed by atoms with E-state index in [9.17, 15) is 0 Å². The second-order valence-electron chi connectivity index (χ2n) is 7.20. The number of anilines is 2. The molecular weight excluding hydrogens is 368 g/mol. The standard InChI is InChI=1S/C20H22N8O/c1-2-6-15(7-3-1)16(8-12-27-13-9-21-14-27)22-19-20(28-10-4-5-11-28)24-18-17(23-19)25-29-26-18/h1-3,6-7,9,13-14,16H,4-5,8,10-12H2,(H,22,23,25)/t16-/m0/s1. The zero-order valence-electron chi connectivity index (χ0n) is 16.0. The minimum absolute atomic E-state index is 0.0616. The van der Waals surface area contributed by atoms with Crippen LogP contribution in [0.15, 0.2) is 53.7 Å². The summed E-state index contributed by atoms with van der Waals surface area (Å²) in [6.07, 6.45) is 8.79. The first-order valence-corrected chi connectivity index (χ1v) is 9.89. The molecule has 0 spiro atoms. The maximum atomic E-state index is 4.84. The number of fused-ring (bicyclic) bond motifs is 1. The van der Waals surface area contributed by atoms with Crippen LogP contribution in [0.3, 0.4) is 0 Å². The van der Waals surface area contributed by atoms with Crippen molar-refractivity contribution in [3.05, 3.63) is 54.6 Å². The van der Waals surface area contributed by atoms with Gasteiger partial charge in [-0.25, -0.2) is 19.6 Å². The van der Waals surface area contributed by atoms with Crippen LogP contribution in [0.25, 0.3) is 11.3 Å². The Morgan fingerprint density at radius 2 is 1.83 bits per heavy atom. The van der Waals surface area contributed by atoms with Gasteiger partial charge in [0.15, 0.2) is 11.6 Å². The van der Waals surface area contributed by atoms with Gasteiger partial charge in [-0.2, -0.15) is 0 Å². The van der Waals surface area contributed by atoms with Gasteiger partial charge < -0.3 is 14.8 Å². The number of benzene rings is 1. The summed E-state index contributed by atoms with van der Waals surface area (Å²) in [5.41, 5.74) is 2.05. The van der Waals surface area contributed by atoms with Crippen LogP contribution in [0.5, 0.6) is 0 Å². The first-order chi connectivity index (χ1) is 14.4. The average Bonchev–Trinajstić information content (AvgIpc) is 3.53. The van der Waals surface area contributed by atoms with Crippen molar-refractivity contribution in [2.75, 3.05) is 23.3 Å². The van der Waals surface area contributed by atoms with Crippen LogP contribution in [0.2, 0.25) is 0 Å². The van der Waals surface area contributed by atoms with E-state index >= 15 is 0 Å². The molecular formula is C20H22N8O. The van der Waals surface area contributed by atoms with E-state index in [2.05, 4.69) is 59.3 Å². The first kappa shape index (κ1) is 17.6. The Morgan fingerprint density at radius 3 is 2.59 bits per heavy atom. The van der Waals surface area contributed by atoms with E-state index in [4.69, 9.17) is 9.61 Å². The Balaban J connectivity index is 1.48. The predicted octanol–water partition coefficient (Wildman–Crippen LogP) is 3.05. The number of imidazole rings is 1. The lowest BCUT2D eigenvalue weighted by atomic mass is 10.0. The average molecular weight is 390 g/mol. The molecule has 4 aromatic rings. The van der Waals surface area contributed by atoms with Gasteiger partial charge in [0.2, 0.25) is 11.3 Å². The summed E-state index contributed by atoms with van der Waals surface area (Å²) in [5, 5.41) is 11.4. The molecule has 9 heteroatoms. The second kappa shape index (κ2) is 7.86. The highest BCUT2D eigenvalue weighted by atomic mass is 16.6. The van der Waals surface area contributed by atoms with Crippen molar-refractivity contribution in [1.82, 2.24) is 29.8 Å². The number of nitrogens with one attached hydrogen (secondary N) is 1. The maximum Gasteiger partial charge on any atom is 0.245 e. The van der Waals surface area contributed by atoms with E-state index in [0.717, 1.165) is 50.5 Å². The van der Waals surface area contributed by atoms with Gasteiger partial charge in [0.05, 0.1) is 12.4 Å². The van der Waals surface area contributed by atoms with Crippen molar-refractivity contribution in [2.24, 2.45) is 0 Å². The summed E-state index contributed by atoms with van der Waals surface area (Å²) >= 11 is 0. The van der Waals surface area contributed by atoms with E-state index in [1.807, 2.05) is 18.6 Å². The normalized spacial score (nSPS) is 15.1. The molecule has 5 rings (SSSR count). The Morgan fingerprint density at radius 1 is 1.03 bits per heavy atom. The SMILES string of the molecule is c1ccc([C@H](CCn2ccnc2)Nc2nc3nonc3nc2N2CCCC2)cc1. The van der Waals surface area contributed by atoms with Crippen molar-refractivity contribution in [3.63, 3.8) is 0 Å². The molecule has 0 aliphatic carbocycles. The van der Waals surface area contributed by atoms with E-state index < -0.39 is 0 Å². The number of aromatic nitrogens is 6. The maximum absolute atomic E-state index is 4.84. The Hall–Kier alpha value is -3.49. The highest BCUT2D eigenvalue weighted by molar-refractivity contribution is 5.74. The molecule has 9 nitrogen and oxygen atoms in total. The molecule has 1 aromatic carbocycles. The summed E-state index contributed by atoms with van der Waals surface area (Å²) in [4.78, 5) is 15.8. The van der Waals surface area contributed by atoms with Gasteiger partial charge in [-0.05, 0) is 35.1 Å². The summed E-state index contributed by atoms with van der Waals surface area (Å²) in [6, 6.07) is 10.5. The third-order valence-corrected chi connectivity index (χ3v) is 5.25. The molecule has 29 heavy (non-hydrogen) atoms. The molecule has 1 N–H and O–H groups in total. The number of hydrogen-bond acceptors (Lipinski definition) is 8. The molecule has 0 bridgehead atoms. The topological polar surface area (TPSA) is 97.8 Å². The van der Waals surface area contributed by atoms with E-state index in [0.29, 0.717) is 11.3 Å². The van der Waals surface area contributed by atoms with E-state index in [1.54, 1.807) is 6.20 Å². The van der Waals surface area contributed by atoms with Gasteiger partial charge in [0, 0.05) is 32.0 Å². The summed E-state index contributed by atoms with van der Waals surface area (Å²) < 4.78 is 6.92. The summed E-state index contributed by atoms with van der Waals surface area (Å²) in [5.74, 6) is 1.53. The Labute approximate surface area is 167 Å². The van der Waals surface area contributed by atoms with Crippen molar-refractivity contribution < 1.29 is 4.63 Å². The minimum atomic E-state index is 0.0616. The van der Waals surface area contributed by atoms with Crippen LogP contribution in [-0.2, 0) is 6.54 Å². The lowest BCUT2D eigenvalue weighted by molar-refractivity contribution is 0.314. The summed E-state index contributed by atoms with van der Waals surface area (Å²) in [7, 11) is 0. The van der Waals surface area contributed by atoms with Gasteiger partial charge in [-0.3, -0.25) is 0 Å². The van der Waals surface area contributed by atoms with Gasteiger partial charge >= 0.3 is 0 Å². The molecule has 1 atom stereocenters. The minimum Gasteiger partial charge on any atom is -0.360 e. The van der Waals surface area contributed by atoms with Crippen LogP contribution < -0.4 is 10.2 Å². The molecule has 1 aliphatic rings. The van der Waals surface area contributed by atoms with Gasteiger partial charge in [0.25, 0.3) is 0 Å². The van der Waals surface area contributed by atoms with Crippen LogP contribution in [0.4, 0.5) is 11.6 Å². The quantitative estimate of drug-likeness (QED) is 0.514. The lowest BCUT2D eigenvalue weighted by Gasteiger charge is -2.24. The molecule has 0 radical (unpaired) electrons. The number of rotatable bonds is 7. The third kappa shape index (κ3) is 3.75. The van der Waals surface area contributed by atoms with Crippen LogP contribution >= 0.6 is 0 Å². The fraction of sp³-hybridized carbons (Fsp3) is 0.350. The van der Waals surface area contributed by atoms with Gasteiger partial charge in [0.1, 0.15) is 0 Å². The first-order valence-electron chi connectivity index (χ1n) is 9.89. The number of hydrogen-bond donors (Lipinski definition) is 1. The fourth-order valence-corrected chi connectivity index (χ4v) is 3.75. The molecule has 4 heterocycles. The molecule has 1 aliphatic heterocycles. The smallest absolute Gasteiger partial charge is 0.245 e. The van der Waals surface area contributed by atoms with Crippen LogP contribution in [0.1, 0.15) is 30.9 Å². The zero-order chi connectivity index (χ0) is 19.5. The van der Waals surface area contributed by atoms with E-state index in [-0.39, 0.29) is 6.04 Å². The molecule has 1 fully saturated rings. The van der Waals surface area contributed by atoms with Crippen molar-refractivity contribution >= 4 is 22.9 Å². The molecule has 1 saturated heterocycles. The van der Waals surface area contributed by atoms with Crippen LogP contribution in [0, 0.1) is 0 Å². The monoisotopic (exact) mass is 390 g/mol. The van der Waals surface area contributed by atoms with Crippen molar-refractivity contribution in [3.8, 4) is 0 Å². The fourth-order valence-electron chi connectivity index (χ4n) is 3.75. The predicted molar refractivity (Wildman–Crippen MR) is 108 cm³/mol. The van der Waals surface area contributed by atoms with E-state index in [1.165, 1.54) is 5.56 Å². The van der Waals surface area contributed by atoms with Gasteiger partial charge in [-0.15, -0.1) is 0 Å². The Bertz CT molecular complexity index is 1060.